The van der Waals surface area contributed by atoms with Gasteiger partial charge in [0.2, 0.25) is 5.88 Å². The lowest BCUT2D eigenvalue weighted by Gasteiger charge is -2.17. The van der Waals surface area contributed by atoms with E-state index >= 15 is 0 Å². The summed E-state index contributed by atoms with van der Waals surface area (Å²) in [4.78, 5) is 10.8. The lowest BCUT2D eigenvalue weighted by atomic mass is 10.3. The van der Waals surface area contributed by atoms with Gasteiger partial charge in [0.25, 0.3) is 0 Å². The Morgan fingerprint density at radius 1 is 1.59 bits per heavy atom. The van der Waals surface area contributed by atoms with Crippen LogP contribution in [0.25, 0.3) is 0 Å². The van der Waals surface area contributed by atoms with E-state index in [1.807, 2.05) is 19.2 Å². The molecule has 5 nitrogen and oxygen atoms in total. The second-order valence-electron chi connectivity index (χ2n) is 3.87. The van der Waals surface area contributed by atoms with Gasteiger partial charge in [0.1, 0.15) is 5.82 Å². The summed E-state index contributed by atoms with van der Waals surface area (Å²) in [6.07, 6.45) is 2.48. The van der Waals surface area contributed by atoms with E-state index in [-0.39, 0.29) is 6.10 Å². The Bertz CT molecular complexity index is 389. The van der Waals surface area contributed by atoms with Crippen LogP contribution in [0.1, 0.15) is 13.3 Å². The molecule has 0 spiro atoms. The quantitative estimate of drug-likeness (QED) is 0.644. The lowest BCUT2D eigenvalue weighted by Crippen LogP contribution is -2.22. The second-order valence-corrected chi connectivity index (χ2v) is 4.65. The minimum Gasteiger partial charge on any atom is -0.478 e. The SMILES string of the molecule is CCOc1cc(N2CC[C@H](O)C2)nc(SC)n1. The maximum Gasteiger partial charge on any atom is 0.219 e. The van der Waals surface area contributed by atoms with Crippen LogP contribution in [0.4, 0.5) is 5.82 Å². The van der Waals surface area contributed by atoms with Crippen LogP contribution in [0, 0.1) is 0 Å². The largest absolute Gasteiger partial charge is 0.478 e. The fourth-order valence-corrected chi connectivity index (χ4v) is 2.18. The third-order valence-corrected chi connectivity index (χ3v) is 3.18. The molecule has 1 N–H and O–H groups in total. The van der Waals surface area contributed by atoms with Gasteiger partial charge in [-0.05, 0) is 19.6 Å². The highest BCUT2D eigenvalue weighted by molar-refractivity contribution is 7.98. The molecular weight excluding hydrogens is 238 g/mol. The van der Waals surface area contributed by atoms with Crippen LogP contribution in [0.3, 0.4) is 0 Å². The second kappa shape index (κ2) is 5.55. The van der Waals surface area contributed by atoms with Gasteiger partial charge in [-0.1, -0.05) is 11.8 Å². The fourth-order valence-electron chi connectivity index (χ4n) is 1.82. The van der Waals surface area contributed by atoms with E-state index in [4.69, 9.17) is 4.74 Å². The van der Waals surface area contributed by atoms with Crippen LogP contribution in [0.5, 0.6) is 5.88 Å². The summed E-state index contributed by atoms with van der Waals surface area (Å²) < 4.78 is 5.42. The van der Waals surface area contributed by atoms with Crippen molar-refractivity contribution in [1.82, 2.24) is 9.97 Å². The summed E-state index contributed by atoms with van der Waals surface area (Å²) >= 11 is 1.49. The van der Waals surface area contributed by atoms with Crippen molar-refractivity contribution in [2.24, 2.45) is 0 Å². The molecule has 1 aromatic heterocycles. The van der Waals surface area contributed by atoms with Crippen molar-refractivity contribution in [1.29, 1.82) is 0 Å². The van der Waals surface area contributed by atoms with E-state index in [9.17, 15) is 5.11 Å². The van der Waals surface area contributed by atoms with Gasteiger partial charge in [-0.25, -0.2) is 4.98 Å². The van der Waals surface area contributed by atoms with Gasteiger partial charge >= 0.3 is 0 Å². The van der Waals surface area contributed by atoms with E-state index in [1.54, 1.807) is 0 Å². The highest BCUT2D eigenvalue weighted by atomic mass is 32.2. The van der Waals surface area contributed by atoms with Crippen LogP contribution in [-0.2, 0) is 0 Å². The van der Waals surface area contributed by atoms with E-state index in [1.165, 1.54) is 11.8 Å². The van der Waals surface area contributed by atoms with Gasteiger partial charge in [0.05, 0.1) is 12.7 Å². The Kier molecular flexibility index (Phi) is 4.06. The van der Waals surface area contributed by atoms with Gasteiger partial charge in [0.15, 0.2) is 5.16 Å². The number of aliphatic hydroxyl groups is 1. The molecule has 1 aliphatic rings. The van der Waals surface area contributed by atoms with E-state index in [0.717, 1.165) is 18.8 Å². The molecule has 6 heteroatoms. The molecule has 0 aromatic carbocycles. The van der Waals surface area contributed by atoms with Crippen molar-refractivity contribution in [2.45, 2.75) is 24.6 Å². The monoisotopic (exact) mass is 255 g/mol. The Labute approximate surface area is 105 Å². The van der Waals surface area contributed by atoms with Gasteiger partial charge in [-0.15, -0.1) is 0 Å². The molecule has 1 fully saturated rings. The molecule has 2 heterocycles. The molecule has 0 bridgehead atoms. The van der Waals surface area contributed by atoms with Crippen LogP contribution in [0.15, 0.2) is 11.2 Å². The standard InChI is InChI=1S/C11H17N3O2S/c1-3-16-10-6-9(12-11(13-10)17-2)14-5-4-8(15)7-14/h6,8,15H,3-5,7H2,1-2H3/t8-/m0/s1. The minimum atomic E-state index is -0.252. The molecule has 0 amide bonds. The van der Waals surface area contributed by atoms with Crippen molar-refractivity contribution >= 4 is 17.6 Å². The minimum absolute atomic E-state index is 0.252. The summed E-state index contributed by atoms with van der Waals surface area (Å²) in [7, 11) is 0. The Morgan fingerprint density at radius 2 is 2.41 bits per heavy atom. The zero-order valence-electron chi connectivity index (χ0n) is 10.1. The summed E-state index contributed by atoms with van der Waals surface area (Å²) in [5.41, 5.74) is 0. The molecule has 0 saturated carbocycles. The zero-order valence-corrected chi connectivity index (χ0v) is 10.9. The lowest BCUT2D eigenvalue weighted by molar-refractivity contribution is 0.198. The molecule has 1 aliphatic heterocycles. The van der Waals surface area contributed by atoms with Crippen LogP contribution >= 0.6 is 11.8 Å². The van der Waals surface area contributed by atoms with Crippen molar-refractivity contribution < 1.29 is 9.84 Å². The molecule has 0 unspecified atom stereocenters. The number of thioether (sulfide) groups is 1. The molecule has 1 saturated heterocycles. The summed E-state index contributed by atoms with van der Waals surface area (Å²) in [5.74, 6) is 1.44. The van der Waals surface area contributed by atoms with Crippen molar-refractivity contribution in [3.8, 4) is 5.88 Å². The summed E-state index contributed by atoms with van der Waals surface area (Å²) in [6.45, 7) is 3.99. The van der Waals surface area contributed by atoms with Crippen molar-refractivity contribution in [3.05, 3.63) is 6.07 Å². The molecule has 1 atom stereocenters. The molecular formula is C11H17N3O2S. The van der Waals surface area contributed by atoms with Gasteiger partial charge in [-0.2, -0.15) is 4.98 Å². The molecule has 2 rings (SSSR count). The van der Waals surface area contributed by atoms with E-state index in [0.29, 0.717) is 24.2 Å². The fraction of sp³-hybridized carbons (Fsp3) is 0.636. The normalized spacial score (nSPS) is 19.7. The summed E-state index contributed by atoms with van der Waals surface area (Å²) in [5, 5.41) is 10.2. The third kappa shape index (κ3) is 3.01. The van der Waals surface area contributed by atoms with E-state index in [2.05, 4.69) is 14.9 Å². The molecule has 94 valence electrons. The number of hydrogen-bond acceptors (Lipinski definition) is 6. The number of aliphatic hydroxyl groups excluding tert-OH is 1. The number of nitrogens with zero attached hydrogens (tertiary/aromatic N) is 3. The number of aromatic nitrogens is 2. The topological polar surface area (TPSA) is 58.5 Å². The van der Waals surface area contributed by atoms with Gasteiger partial charge < -0.3 is 14.7 Å². The Balaban J connectivity index is 2.23. The predicted molar refractivity (Wildman–Crippen MR) is 67.8 cm³/mol. The van der Waals surface area contributed by atoms with Crippen molar-refractivity contribution in [3.63, 3.8) is 0 Å². The number of ether oxygens (including phenoxy) is 1. The average Bonchev–Trinajstić information content (AvgIpc) is 2.76. The number of anilines is 1. The number of β-amino-alcohol motifs (C(OH)–C–C–N with tert-alkyl or cyclic N) is 1. The van der Waals surface area contributed by atoms with Crippen LogP contribution in [0.2, 0.25) is 0 Å². The van der Waals surface area contributed by atoms with E-state index < -0.39 is 0 Å². The highest BCUT2D eigenvalue weighted by Crippen LogP contribution is 2.24. The number of rotatable bonds is 4. The molecule has 0 radical (unpaired) electrons. The number of hydrogen-bond donors (Lipinski definition) is 1. The first-order valence-electron chi connectivity index (χ1n) is 5.71. The average molecular weight is 255 g/mol. The first-order chi connectivity index (χ1) is 8.22. The van der Waals surface area contributed by atoms with Gasteiger partial charge in [-0.3, -0.25) is 0 Å². The highest BCUT2D eigenvalue weighted by Gasteiger charge is 2.22. The predicted octanol–water partition coefficient (Wildman–Crippen LogP) is 1.17. The van der Waals surface area contributed by atoms with Crippen molar-refractivity contribution in [2.75, 3.05) is 30.9 Å². The molecule has 17 heavy (non-hydrogen) atoms. The zero-order chi connectivity index (χ0) is 12.3. The maximum absolute atomic E-state index is 9.54. The first-order valence-corrected chi connectivity index (χ1v) is 6.94. The Hall–Kier alpha value is -1.01. The summed E-state index contributed by atoms with van der Waals surface area (Å²) in [6, 6.07) is 1.83. The molecule has 0 aliphatic carbocycles. The Morgan fingerprint density at radius 3 is 3.00 bits per heavy atom. The van der Waals surface area contributed by atoms with Crippen LogP contribution < -0.4 is 9.64 Å². The first kappa shape index (κ1) is 12.4. The third-order valence-electron chi connectivity index (χ3n) is 2.63. The van der Waals surface area contributed by atoms with Crippen LogP contribution in [-0.4, -0.2) is 47.1 Å². The maximum atomic E-state index is 9.54. The molecule has 1 aromatic rings. The smallest absolute Gasteiger partial charge is 0.219 e. The van der Waals surface area contributed by atoms with Gasteiger partial charge in [0, 0.05) is 19.2 Å².